The maximum Gasteiger partial charge on any atom is 0.310 e. The van der Waals surface area contributed by atoms with Crippen LogP contribution in [0.15, 0.2) is 29.4 Å². The molecule has 0 radical (unpaired) electrons. The predicted octanol–water partition coefficient (Wildman–Crippen LogP) is 3.73. The number of cyclic esters (lactones) is 1. The van der Waals surface area contributed by atoms with E-state index >= 15 is 0 Å². The molecule has 166 valence electrons. The molecule has 10 nitrogen and oxygen atoms in total. The lowest BCUT2D eigenvalue weighted by molar-refractivity contribution is -0.141. The van der Waals surface area contributed by atoms with E-state index in [0.29, 0.717) is 28.7 Å². The number of hydrogen-bond acceptors (Lipinski definition) is 8. The number of ether oxygens (including phenoxy) is 6. The van der Waals surface area contributed by atoms with Gasteiger partial charge in [0.15, 0.2) is 23.0 Å². The van der Waals surface area contributed by atoms with Gasteiger partial charge in [-0.1, -0.05) is 5.11 Å². The summed E-state index contributed by atoms with van der Waals surface area (Å²) in [6, 6.07) is 6.78. The SMILES string of the molecule is COc1cc([C@@H]2c3cc4c(cc3[C@H](N=[N+]=[N-])[C@H]3COC(=O)[C@H]23)OCO4)cc(OC)c1OC. The molecule has 2 heterocycles. The number of carbonyl (C=O) groups is 1. The van der Waals surface area contributed by atoms with Crippen LogP contribution in [0.25, 0.3) is 10.4 Å². The van der Waals surface area contributed by atoms with Gasteiger partial charge in [-0.2, -0.15) is 0 Å². The molecular formula is C22H21N3O7. The molecule has 0 aromatic heterocycles. The van der Waals surface area contributed by atoms with E-state index in [-0.39, 0.29) is 25.3 Å². The lowest BCUT2D eigenvalue weighted by atomic mass is 9.65. The molecule has 0 unspecified atom stereocenters. The Balaban J connectivity index is 1.77. The molecule has 32 heavy (non-hydrogen) atoms. The van der Waals surface area contributed by atoms with E-state index in [1.165, 1.54) is 21.3 Å². The molecule has 2 aromatic rings. The van der Waals surface area contributed by atoms with E-state index < -0.39 is 17.9 Å². The highest BCUT2D eigenvalue weighted by molar-refractivity contribution is 5.79. The van der Waals surface area contributed by atoms with Crippen molar-refractivity contribution >= 4 is 5.97 Å². The average Bonchev–Trinajstić information content (AvgIpc) is 3.43. The van der Waals surface area contributed by atoms with Gasteiger partial charge in [-0.05, 0) is 46.5 Å². The van der Waals surface area contributed by atoms with Crippen LogP contribution >= 0.6 is 0 Å². The lowest BCUT2D eigenvalue weighted by Crippen LogP contribution is -2.34. The van der Waals surface area contributed by atoms with E-state index in [9.17, 15) is 10.3 Å². The number of nitrogens with zero attached hydrogens (tertiary/aromatic N) is 3. The lowest BCUT2D eigenvalue weighted by Gasteiger charge is -2.37. The van der Waals surface area contributed by atoms with Crippen molar-refractivity contribution in [1.82, 2.24) is 0 Å². The first-order valence-corrected chi connectivity index (χ1v) is 10.1. The number of rotatable bonds is 5. The fraction of sp³-hybridized carbons (Fsp3) is 0.409. The van der Waals surface area contributed by atoms with Crippen molar-refractivity contribution in [3.05, 3.63) is 51.4 Å². The molecule has 4 atom stereocenters. The standard InChI is InChI=1S/C22H21N3O7/c1-27-16-4-10(5-17(28-2)21(16)29-3)18-11-6-14-15(32-9-31-14)7-12(11)20(24-25-23)13-8-30-22(26)19(13)18/h4-7,13,18-20H,8-9H2,1-3H3/t13-,18+,19-,20-/m0/s1. The summed E-state index contributed by atoms with van der Waals surface area (Å²) in [5.41, 5.74) is 11.6. The van der Waals surface area contributed by atoms with Gasteiger partial charge in [-0.15, -0.1) is 0 Å². The van der Waals surface area contributed by atoms with Gasteiger partial charge < -0.3 is 28.4 Å². The second kappa shape index (κ2) is 7.72. The van der Waals surface area contributed by atoms with Gasteiger partial charge in [0.25, 0.3) is 0 Å². The van der Waals surface area contributed by atoms with Crippen LogP contribution in [0.5, 0.6) is 28.7 Å². The van der Waals surface area contributed by atoms with Crippen LogP contribution in [0.4, 0.5) is 0 Å². The Hall–Kier alpha value is -3.78. The first kappa shape index (κ1) is 20.1. The maximum atomic E-state index is 12.9. The summed E-state index contributed by atoms with van der Waals surface area (Å²) in [6.45, 7) is 0.274. The molecule has 1 fully saturated rings. The Morgan fingerprint density at radius 3 is 2.22 bits per heavy atom. The Labute approximate surface area is 183 Å². The van der Waals surface area contributed by atoms with Gasteiger partial charge in [-0.3, -0.25) is 4.79 Å². The van der Waals surface area contributed by atoms with Gasteiger partial charge in [0.1, 0.15) is 0 Å². The van der Waals surface area contributed by atoms with Crippen LogP contribution in [-0.2, 0) is 9.53 Å². The van der Waals surface area contributed by atoms with Gasteiger partial charge in [0.05, 0.1) is 39.9 Å². The summed E-state index contributed by atoms with van der Waals surface area (Å²) in [4.78, 5) is 16.0. The van der Waals surface area contributed by atoms with Crippen LogP contribution < -0.4 is 23.7 Å². The smallest absolute Gasteiger partial charge is 0.310 e. The van der Waals surface area contributed by atoms with Crippen LogP contribution in [-0.4, -0.2) is 40.7 Å². The number of hydrogen-bond donors (Lipinski definition) is 0. The van der Waals surface area contributed by atoms with E-state index in [1.807, 2.05) is 24.3 Å². The van der Waals surface area contributed by atoms with E-state index in [0.717, 1.165) is 16.7 Å². The Morgan fingerprint density at radius 1 is 0.969 bits per heavy atom. The number of azide groups is 1. The molecule has 0 bridgehead atoms. The number of benzene rings is 2. The van der Waals surface area contributed by atoms with E-state index in [2.05, 4.69) is 10.0 Å². The number of carbonyl (C=O) groups excluding carboxylic acids is 1. The maximum absolute atomic E-state index is 12.9. The molecule has 0 saturated carbocycles. The van der Waals surface area contributed by atoms with Crippen LogP contribution in [0.1, 0.15) is 28.7 Å². The van der Waals surface area contributed by atoms with Crippen LogP contribution in [0, 0.1) is 11.8 Å². The normalized spacial score (nSPS) is 24.7. The molecule has 10 heteroatoms. The molecule has 0 spiro atoms. The van der Waals surface area contributed by atoms with Crippen molar-refractivity contribution < 1.29 is 33.2 Å². The van der Waals surface area contributed by atoms with Crippen molar-refractivity contribution in [2.45, 2.75) is 12.0 Å². The largest absolute Gasteiger partial charge is 0.493 e. The fourth-order valence-electron chi connectivity index (χ4n) is 5.02. The van der Waals surface area contributed by atoms with E-state index in [4.69, 9.17) is 28.4 Å². The third-order valence-corrected chi connectivity index (χ3v) is 6.37. The van der Waals surface area contributed by atoms with Crippen molar-refractivity contribution in [2.75, 3.05) is 34.7 Å². The number of fused-ring (bicyclic) bond motifs is 3. The molecular weight excluding hydrogens is 418 g/mol. The van der Waals surface area contributed by atoms with Crippen molar-refractivity contribution in [3.8, 4) is 28.7 Å². The molecule has 0 amide bonds. The fourth-order valence-corrected chi connectivity index (χ4v) is 5.02. The quantitative estimate of drug-likeness (QED) is 0.301. The molecule has 2 aliphatic heterocycles. The minimum Gasteiger partial charge on any atom is -0.493 e. The van der Waals surface area contributed by atoms with Crippen molar-refractivity contribution in [1.29, 1.82) is 0 Å². The first-order chi connectivity index (χ1) is 15.6. The van der Waals surface area contributed by atoms with E-state index in [1.54, 1.807) is 0 Å². The topological polar surface area (TPSA) is 121 Å². The Bertz CT molecular complexity index is 1120. The summed E-state index contributed by atoms with van der Waals surface area (Å²) >= 11 is 0. The third-order valence-electron chi connectivity index (χ3n) is 6.37. The summed E-state index contributed by atoms with van der Waals surface area (Å²) in [5, 5.41) is 4.03. The van der Waals surface area contributed by atoms with Gasteiger partial charge >= 0.3 is 5.97 Å². The molecule has 3 aliphatic rings. The van der Waals surface area contributed by atoms with Gasteiger partial charge in [0.2, 0.25) is 12.5 Å². The monoisotopic (exact) mass is 439 g/mol. The van der Waals surface area contributed by atoms with Gasteiger partial charge in [-0.25, -0.2) is 0 Å². The summed E-state index contributed by atoms with van der Waals surface area (Å²) < 4.78 is 33.1. The zero-order valence-corrected chi connectivity index (χ0v) is 17.7. The average molecular weight is 439 g/mol. The molecule has 1 aliphatic carbocycles. The predicted molar refractivity (Wildman–Crippen MR) is 110 cm³/mol. The van der Waals surface area contributed by atoms with Crippen molar-refractivity contribution in [3.63, 3.8) is 0 Å². The molecule has 5 rings (SSSR count). The van der Waals surface area contributed by atoms with Crippen molar-refractivity contribution in [2.24, 2.45) is 17.0 Å². The summed E-state index contributed by atoms with van der Waals surface area (Å²) in [6.07, 6.45) is 0. The zero-order valence-electron chi connectivity index (χ0n) is 17.7. The Morgan fingerprint density at radius 2 is 1.62 bits per heavy atom. The second-order valence-electron chi connectivity index (χ2n) is 7.74. The summed E-state index contributed by atoms with van der Waals surface area (Å²) in [5.74, 6) is 0.941. The molecule has 2 aromatic carbocycles. The van der Waals surface area contributed by atoms with Gasteiger partial charge in [0, 0.05) is 16.7 Å². The van der Waals surface area contributed by atoms with Crippen LogP contribution in [0.2, 0.25) is 0 Å². The second-order valence-corrected chi connectivity index (χ2v) is 7.74. The third kappa shape index (κ3) is 2.87. The zero-order chi connectivity index (χ0) is 22.4. The summed E-state index contributed by atoms with van der Waals surface area (Å²) in [7, 11) is 4.61. The Kier molecular flexibility index (Phi) is 4.86. The van der Waals surface area contributed by atoms with Crippen LogP contribution in [0.3, 0.4) is 0 Å². The number of methoxy groups -OCH3 is 3. The highest BCUT2D eigenvalue weighted by Gasteiger charge is 2.52. The highest BCUT2D eigenvalue weighted by Crippen LogP contribution is 2.56. The number of esters is 1. The minimum absolute atomic E-state index is 0.105. The first-order valence-electron chi connectivity index (χ1n) is 10.1. The minimum atomic E-state index is -0.570. The highest BCUT2D eigenvalue weighted by atomic mass is 16.7. The molecule has 1 saturated heterocycles. The molecule has 0 N–H and O–H groups in total.